The second kappa shape index (κ2) is 6.79. The quantitative estimate of drug-likeness (QED) is 0.757. The lowest BCUT2D eigenvalue weighted by Gasteiger charge is -2.13. The molecule has 1 aliphatic carbocycles. The van der Waals surface area contributed by atoms with Gasteiger partial charge in [0, 0.05) is 43.3 Å². The maximum Gasteiger partial charge on any atom is 0.252 e. The number of carbonyl (C=O) groups is 1. The van der Waals surface area contributed by atoms with Crippen LogP contribution in [0.2, 0.25) is 0 Å². The fourth-order valence-electron chi connectivity index (χ4n) is 3.16. The number of para-hydroxylation sites is 1. The Hall–Kier alpha value is -2.88. The average Bonchev–Trinajstić information content (AvgIpc) is 3.51. The summed E-state index contributed by atoms with van der Waals surface area (Å²) in [6, 6.07) is 18.1. The van der Waals surface area contributed by atoms with E-state index in [1.165, 1.54) is 12.8 Å². The number of hydrogen-bond donors (Lipinski definition) is 1. The minimum absolute atomic E-state index is 0.0396. The summed E-state index contributed by atoms with van der Waals surface area (Å²) in [5.74, 6) is 0.479. The Balaban J connectivity index is 1.56. The van der Waals surface area contributed by atoms with Crippen LogP contribution in [0.3, 0.4) is 0 Å². The third-order valence-corrected chi connectivity index (χ3v) is 4.88. The molecule has 0 atom stereocenters. The van der Waals surface area contributed by atoms with Gasteiger partial charge in [-0.05, 0) is 42.7 Å². The van der Waals surface area contributed by atoms with Crippen molar-refractivity contribution in [3.8, 4) is 0 Å². The number of hydrogen-bond acceptors (Lipinski definition) is 3. The van der Waals surface area contributed by atoms with E-state index < -0.39 is 0 Å². The van der Waals surface area contributed by atoms with Gasteiger partial charge < -0.3 is 10.2 Å². The maximum atomic E-state index is 12.9. The van der Waals surface area contributed by atoms with Crippen molar-refractivity contribution < 1.29 is 4.79 Å². The first-order valence-electron chi connectivity index (χ1n) is 9.06. The summed E-state index contributed by atoms with van der Waals surface area (Å²) in [6.45, 7) is 0.516. The molecular formula is C22H23N3O. The van der Waals surface area contributed by atoms with Crippen LogP contribution in [-0.4, -0.2) is 25.0 Å². The maximum absolute atomic E-state index is 12.9. The number of benzene rings is 2. The minimum Gasteiger partial charge on any atom is -0.378 e. The van der Waals surface area contributed by atoms with Crippen LogP contribution in [0.4, 0.5) is 5.69 Å². The van der Waals surface area contributed by atoms with E-state index in [1.807, 2.05) is 44.4 Å². The SMILES string of the molecule is CN(C)c1ccc(CNC(=O)c2cc(C3CC3)nc3ccccc23)cc1. The standard InChI is InChI=1S/C22H23N3O/c1-25(2)17-11-7-15(8-12-17)14-23-22(26)19-13-21(16-9-10-16)24-20-6-4-3-5-18(19)20/h3-8,11-13,16H,9-10,14H2,1-2H3,(H,23,26). The van der Waals surface area contributed by atoms with Gasteiger partial charge in [-0.3, -0.25) is 9.78 Å². The fourth-order valence-corrected chi connectivity index (χ4v) is 3.16. The second-order valence-corrected chi connectivity index (χ2v) is 7.13. The molecule has 2 aromatic carbocycles. The van der Waals surface area contributed by atoms with Gasteiger partial charge in [-0.15, -0.1) is 0 Å². The van der Waals surface area contributed by atoms with Crippen molar-refractivity contribution in [2.45, 2.75) is 25.3 Å². The molecule has 3 aromatic rings. The average molecular weight is 345 g/mol. The summed E-state index contributed by atoms with van der Waals surface area (Å²) in [7, 11) is 4.03. The molecule has 0 saturated heterocycles. The molecule has 26 heavy (non-hydrogen) atoms. The highest BCUT2D eigenvalue weighted by molar-refractivity contribution is 6.06. The predicted octanol–water partition coefficient (Wildman–Crippen LogP) is 4.11. The molecule has 1 aliphatic rings. The molecular weight excluding hydrogens is 322 g/mol. The lowest BCUT2D eigenvalue weighted by atomic mass is 10.1. The number of nitrogens with zero attached hydrogens (tertiary/aromatic N) is 2. The molecule has 1 N–H and O–H groups in total. The smallest absolute Gasteiger partial charge is 0.252 e. The molecule has 4 rings (SSSR count). The van der Waals surface area contributed by atoms with Gasteiger partial charge in [0.1, 0.15) is 0 Å². The summed E-state index contributed by atoms with van der Waals surface area (Å²) < 4.78 is 0. The summed E-state index contributed by atoms with van der Waals surface area (Å²) >= 11 is 0. The summed E-state index contributed by atoms with van der Waals surface area (Å²) in [5, 5.41) is 3.98. The molecule has 0 radical (unpaired) electrons. The van der Waals surface area contributed by atoms with Gasteiger partial charge in [-0.1, -0.05) is 30.3 Å². The number of rotatable bonds is 5. The third kappa shape index (κ3) is 3.40. The lowest BCUT2D eigenvalue weighted by Crippen LogP contribution is -2.23. The van der Waals surface area contributed by atoms with Crippen molar-refractivity contribution in [1.82, 2.24) is 10.3 Å². The van der Waals surface area contributed by atoms with Crippen LogP contribution in [0.5, 0.6) is 0 Å². The number of anilines is 1. The van der Waals surface area contributed by atoms with Gasteiger partial charge in [0.05, 0.1) is 11.1 Å². The monoisotopic (exact) mass is 345 g/mol. The molecule has 1 aromatic heterocycles. The number of pyridine rings is 1. The van der Waals surface area contributed by atoms with E-state index in [-0.39, 0.29) is 5.91 Å². The Morgan fingerprint density at radius 1 is 1.12 bits per heavy atom. The molecule has 1 heterocycles. The molecule has 0 bridgehead atoms. The summed E-state index contributed by atoms with van der Waals surface area (Å²) in [4.78, 5) is 19.7. The van der Waals surface area contributed by atoms with E-state index in [1.54, 1.807) is 0 Å². The van der Waals surface area contributed by atoms with Gasteiger partial charge in [-0.25, -0.2) is 0 Å². The Morgan fingerprint density at radius 3 is 2.54 bits per heavy atom. The Labute approximate surface area is 153 Å². The molecule has 132 valence electrons. The Bertz CT molecular complexity index is 943. The highest BCUT2D eigenvalue weighted by atomic mass is 16.1. The van der Waals surface area contributed by atoms with Gasteiger partial charge in [-0.2, -0.15) is 0 Å². The predicted molar refractivity (Wildman–Crippen MR) is 106 cm³/mol. The fraction of sp³-hybridized carbons (Fsp3) is 0.273. The number of nitrogens with one attached hydrogen (secondary N) is 1. The zero-order valence-electron chi connectivity index (χ0n) is 15.2. The molecule has 1 fully saturated rings. The first-order chi connectivity index (χ1) is 12.6. The molecule has 1 amide bonds. The Morgan fingerprint density at radius 2 is 1.85 bits per heavy atom. The molecule has 0 spiro atoms. The van der Waals surface area contributed by atoms with Crippen molar-refractivity contribution in [2.24, 2.45) is 0 Å². The molecule has 4 heteroatoms. The first kappa shape index (κ1) is 16.6. The number of fused-ring (bicyclic) bond motifs is 1. The van der Waals surface area contributed by atoms with Crippen molar-refractivity contribution >= 4 is 22.5 Å². The van der Waals surface area contributed by atoms with Gasteiger partial charge in [0.25, 0.3) is 5.91 Å². The zero-order chi connectivity index (χ0) is 18.1. The topological polar surface area (TPSA) is 45.2 Å². The van der Waals surface area contributed by atoms with Crippen molar-refractivity contribution in [3.63, 3.8) is 0 Å². The van der Waals surface area contributed by atoms with Gasteiger partial charge in [0.15, 0.2) is 0 Å². The van der Waals surface area contributed by atoms with Crippen LogP contribution in [0.25, 0.3) is 10.9 Å². The minimum atomic E-state index is -0.0396. The van der Waals surface area contributed by atoms with Crippen LogP contribution >= 0.6 is 0 Å². The normalized spacial score (nSPS) is 13.6. The van der Waals surface area contributed by atoms with E-state index in [4.69, 9.17) is 4.98 Å². The van der Waals surface area contributed by atoms with Crippen LogP contribution in [0.1, 0.15) is 40.4 Å². The van der Waals surface area contributed by atoms with Crippen LogP contribution < -0.4 is 10.2 Å². The third-order valence-electron chi connectivity index (χ3n) is 4.88. The van der Waals surface area contributed by atoms with Crippen molar-refractivity contribution in [1.29, 1.82) is 0 Å². The van der Waals surface area contributed by atoms with E-state index in [0.29, 0.717) is 12.5 Å². The van der Waals surface area contributed by atoms with E-state index >= 15 is 0 Å². The largest absolute Gasteiger partial charge is 0.378 e. The second-order valence-electron chi connectivity index (χ2n) is 7.13. The van der Waals surface area contributed by atoms with Gasteiger partial charge in [0.2, 0.25) is 0 Å². The van der Waals surface area contributed by atoms with Crippen molar-refractivity contribution in [3.05, 3.63) is 71.4 Å². The number of aromatic nitrogens is 1. The summed E-state index contributed by atoms with van der Waals surface area (Å²) in [6.07, 6.45) is 2.34. The van der Waals surface area contributed by atoms with E-state index in [9.17, 15) is 4.79 Å². The molecule has 4 nitrogen and oxygen atoms in total. The van der Waals surface area contributed by atoms with E-state index in [0.717, 1.165) is 33.4 Å². The van der Waals surface area contributed by atoms with Gasteiger partial charge >= 0.3 is 0 Å². The number of carbonyl (C=O) groups excluding carboxylic acids is 1. The van der Waals surface area contributed by atoms with Crippen molar-refractivity contribution in [2.75, 3.05) is 19.0 Å². The first-order valence-corrected chi connectivity index (χ1v) is 9.06. The Kier molecular flexibility index (Phi) is 4.33. The highest BCUT2D eigenvalue weighted by Gasteiger charge is 2.26. The molecule has 0 unspecified atom stereocenters. The molecule has 1 saturated carbocycles. The zero-order valence-corrected chi connectivity index (χ0v) is 15.2. The summed E-state index contributed by atoms with van der Waals surface area (Å²) in [5.41, 5.74) is 4.91. The lowest BCUT2D eigenvalue weighted by molar-refractivity contribution is 0.0952. The van der Waals surface area contributed by atoms with Crippen LogP contribution in [-0.2, 0) is 6.54 Å². The van der Waals surface area contributed by atoms with Crippen LogP contribution in [0.15, 0.2) is 54.6 Å². The highest BCUT2D eigenvalue weighted by Crippen LogP contribution is 2.40. The van der Waals surface area contributed by atoms with Crippen LogP contribution in [0, 0.1) is 0 Å². The molecule has 0 aliphatic heterocycles. The number of amides is 1. The van der Waals surface area contributed by atoms with E-state index in [2.05, 4.69) is 34.5 Å².